The Morgan fingerprint density at radius 1 is 0.275 bits per heavy atom. The Bertz CT molecular complexity index is 3540. The summed E-state index contributed by atoms with van der Waals surface area (Å²) >= 11 is 0. The second-order valence-corrected chi connectivity index (χ2v) is 36.6. The molecule has 0 N–H and O–H groups in total. The SMILES string of the molecule is CC(C)[Si](C#Cc1c2cc3c(cc2c(C#C[Si](C(C)C)(C(C)C)C(C)C)c2cc4c(cc12)C1(c2ccccc2)OC4(c2ccccc2)c2ccccc21)C1(c2ccccc2)OC3(c2ccccc2)c2ccccc21)(C(C)C)C(C)C. The minimum absolute atomic E-state index is 0.438. The average molecular weight is 1080 g/mol. The molecule has 2 nitrogen and oxygen atoms in total. The van der Waals surface area contributed by atoms with Gasteiger partial charge < -0.3 is 9.47 Å². The highest BCUT2D eigenvalue weighted by molar-refractivity contribution is 6.91. The van der Waals surface area contributed by atoms with E-state index in [0.717, 1.165) is 77.2 Å². The zero-order chi connectivity index (χ0) is 55.7. The van der Waals surface area contributed by atoms with Crippen molar-refractivity contribution in [2.24, 2.45) is 0 Å². The van der Waals surface area contributed by atoms with Crippen LogP contribution in [0.4, 0.5) is 0 Å². The van der Waals surface area contributed by atoms with Gasteiger partial charge in [-0.15, -0.1) is 11.1 Å². The molecule has 4 heterocycles. The van der Waals surface area contributed by atoms with E-state index in [1.807, 2.05) is 0 Å². The maximum absolute atomic E-state index is 8.11. The monoisotopic (exact) mass is 1070 g/mol. The van der Waals surface area contributed by atoms with Crippen molar-refractivity contribution in [3.05, 3.63) is 272 Å². The first-order chi connectivity index (χ1) is 38.6. The van der Waals surface area contributed by atoms with Crippen LogP contribution in [0.15, 0.2) is 194 Å². The van der Waals surface area contributed by atoms with E-state index < -0.39 is 38.6 Å². The Kier molecular flexibility index (Phi) is 12.3. The molecule has 0 saturated carbocycles. The lowest BCUT2D eigenvalue weighted by molar-refractivity contribution is -0.0259. The van der Waals surface area contributed by atoms with Gasteiger partial charge in [-0.1, -0.05) is 265 Å². The van der Waals surface area contributed by atoms with Gasteiger partial charge in [0.25, 0.3) is 0 Å². The molecular weight excluding hydrogens is 1000 g/mol. The molecule has 4 bridgehead atoms. The normalized spacial score (nSPS) is 21.3. The van der Waals surface area contributed by atoms with E-state index in [-0.39, 0.29) is 0 Å². The van der Waals surface area contributed by atoms with E-state index in [0.29, 0.717) is 33.2 Å². The zero-order valence-electron chi connectivity index (χ0n) is 48.8. The van der Waals surface area contributed by atoms with E-state index in [4.69, 9.17) is 9.47 Å². The van der Waals surface area contributed by atoms with Crippen LogP contribution in [0.1, 0.15) is 161 Å². The molecule has 4 aliphatic heterocycles. The maximum Gasteiger partial charge on any atom is 0.146 e. The quantitative estimate of drug-likeness (QED) is 0.0772. The molecule has 9 aromatic rings. The van der Waals surface area contributed by atoms with Crippen molar-refractivity contribution >= 4 is 37.7 Å². The summed E-state index contributed by atoms with van der Waals surface area (Å²) in [6.07, 6.45) is 0. The topological polar surface area (TPSA) is 18.5 Å². The molecule has 0 aromatic heterocycles. The fraction of sp³-hybridized carbons (Fsp3) is 0.289. The van der Waals surface area contributed by atoms with Gasteiger partial charge in [-0.3, -0.25) is 0 Å². The first-order valence-corrected chi connectivity index (χ1v) is 34.0. The first kappa shape index (κ1) is 52.4. The smallest absolute Gasteiger partial charge is 0.146 e. The predicted molar refractivity (Wildman–Crippen MR) is 338 cm³/mol. The molecule has 4 aliphatic rings. The number of hydrogen-bond acceptors (Lipinski definition) is 2. The van der Waals surface area contributed by atoms with Crippen molar-refractivity contribution in [2.75, 3.05) is 0 Å². The Balaban J connectivity index is 1.28. The second-order valence-electron chi connectivity index (χ2n) is 25.4. The van der Waals surface area contributed by atoms with Gasteiger partial charge in [0.15, 0.2) is 0 Å². The molecule has 4 unspecified atom stereocenters. The molecule has 0 amide bonds. The summed E-state index contributed by atoms with van der Waals surface area (Å²) in [4.78, 5) is 0. The number of ether oxygens (including phenoxy) is 2. The summed E-state index contributed by atoms with van der Waals surface area (Å²) < 4.78 is 16.2. The van der Waals surface area contributed by atoms with Crippen LogP contribution in [0.5, 0.6) is 0 Å². The third-order valence-electron chi connectivity index (χ3n) is 20.2. The fourth-order valence-electron chi connectivity index (χ4n) is 16.8. The molecule has 0 spiro atoms. The van der Waals surface area contributed by atoms with E-state index in [1.54, 1.807) is 0 Å². The lowest BCUT2D eigenvalue weighted by atomic mass is 9.66. The van der Waals surface area contributed by atoms with Gasteiger partial charge in [0.05, 0.1) is 0 Å². The summed E-state index contributed by atoms with van der Waals surface area (Å²) in [5.41, 5.74) is 23.6. The van der Waals surface area contributed by atoms with Crippen molar-refractivity contribution in [3.8, 4) is 22.9 Å². The van der Waals surface area contributed by atoms with Crippen molar-refractivity contribution in [1.82, 2.24) is 0 Å². The third-order valence-corrected chi connectivity index (χ3v) is 32.7. The molecule has 398 valence electrons. The van der Waals surface area contributed by atoms with Gasteiger partial charge >= 0.3 is 0 Å². The molecule has 4 heteroatoms. The van der Waals surface area contributed by atoms with Gasteiger partial charge in [0.2, 0.25) is 0 Å². The third kappa shape index (κ3) is 6.75. The molecule has 0 aliphatic carbocycles. The Morgan fingerprint density at radius 3 is 0.675 bits per heavy atom. The van der Waals surface area contributed by atoms with Crippen molar-refractivity contribution < 1.29 is 9.47 Å². The molecule has 13 rings (SSSR count). The standard InChI is InChI=1S/C76H74O2Si2/c1-49(2)79(50(3)4,51(5)6)43-41-59-61-45-69-71(75(57-33-21-15-22-34-57)67-39-27-25-37-65(67)73(69,77-75)55-29-17-13-18-30-55)47-63(61)60(42-44-80(52(7)8,53(9)10)54(11)12)64-48-72-70(46-62(59)64)74(56-31-19-14-20-32-56)66-38-26-28-40-68(66)76(72,78-74)58-35-23-16-24-36-58/h13-40,45-54H,1-12H3. The lowest BCUT2D eigenvalue weighted by Gasteiger charge is -2.38. The molecule has 0 saturated heterocycles. The van der Waals surface area contributed by atoms with Gasteiger partial charge in [0, 0.05) is 33.4 Å². The maximum atomic E-state index is 8.11. The number of rotatable bonds is 10. The Morgan fingerprint density at radius 2 is 0.475 bits per heavy atom. The number of hydrogen-bond donors (Lipinski definition) is 0. The van der Waals surface area contributed by atoms with Crippen LogP contribution in [0.3, 0.4) is 0 Å². The highest BCUT2D eigenvalue weighted by atomic mass is 28.3. The van der Waals surface area contributed by atoms with Crippen LogP contribution in [-0.2, 0) is 31.9 Å². The minimum atomic E-state index is -2.32. The highest BCUT2D eigenvalue weighted by Gasteiger charge is 2.66. The van der Waals surface area contributed by atoms with Gasteiger partial charge in [-0.05, 0) is 124 Å². The summed E-state index contributed by atoms with van der Waals surface area (Å²) in [5, 5.41) is 4.50. The van der Waals surface area contributed by atoms with Crippen LogP contribution in [-0.4, -0.2) is 16.1 Å². The van der Waals surface area contributed by atoms with Crippen LogP contribution < -0.4 is 0 Å². The summed E-state index contributed by atoms with van der Waals surface area (Å²) in [5.74, 6) is 8.51. The van der Waals surface area contributed by atoms with Crippen LogP contribution in [0, 0.1) is 22.9 Å². The minimum Gasteiger partial charge on any atom is -0.340 e. The summed E-state index contributed by atoms with van der Waals surface area (Å²) in [7, 11) is -4.64. The van der Waals surface area contributed by atoms with E-state index in [1.165, 1.54) is 22.3 Å². The Hall–Kier alpha value is -7.03. The average Bonchev–Trinajstić information content (AvgIpc) is 2.76. The van der Waals surface area contributed by atoms with Crippen LogP contribution in [0.25, 0.3) is 21.5 Å². The van der Waals surface area contributed by atoms with Gasteiger partial charge in [0.1, 0.15) is 38.6 Å². The van der Waals surface area contributed by atoms with Crippen LogP contribution in [0.2, 0.25) is 33.2 Å². The van der Waals surface area contributed by atoms with E-state index in [2.05, 4.69) is 300 Å². The van der Waals surface area contributed by atoms with E-state index in [9.17, 15) is 0 Å². The molecule has 0 radical (unpaired) electrons. The highest BCUT2D eigenvalue weighted by Crippen LogP contribution is 2.69. The molecular formula is C76H74O2Si2. The van der Waals surface area contributed by atoms with Crippen LogP contribution >= 0.6 is 0 Å². The van der Waals surface area contributed by atoms with Crippen molar-refractivity contribution in [2.45, 2.75) is 139 Å². The molecule has 4 atom stereocenters. The van der Waals surface area contributed by atoms with Crippen molar-refractivity contribution in [1.29, 1.82) is 0 Å². The Labute approximate surface area is 478 Å². The molecule has 80 heavy (non-hydrogen) atoms. The van der Waals surface area contributed by atoms with Gasteiger partial charge in [-0.2, -0.15) is 0 Å². The predicted octanol–water partition coefficient (Wildman–Crippen LogP) is 19.0. The van der Waals surface area contributed by atoms with E-state index >= 15 is 0 Å². The molecule has 0 fully saturated rings. The fourth-order valence-corrected chi connectivity index (χ4v) is 27.2. The summed E-state index contributed by atoms with van der Waals surface area (Å²) in [6.45, 7) is 29.2. The second kappa shape index (κ2) is 18.8. The number of fused-ring (bicyclic) bond motifs is 18. The summed E-state index contributed by atoms with van der Waals surface area (Å²) in [6, 6.07) is 72.0. The lowest BCUT2D eigenvalue weighted by Crippen LogP contribution is -2.43. The molecule has 9 aromatic carbocycles. The number of benzene rings is 9. The first-order valence-electron chi connectivity index (χ1n) is 29.6. The largest absolute Gasteiger partial charge is 0.340 e. The zero-order valence-corrected chi connectivity index (χ0v) is 50.8. The van der Waals surface area contributed by atoms with Crippen molar-refractivity contribution in [3.63, 3.8) is 0 Å². The van der Waals surface area contributed by atoms with Gasteiger partial charge in [-0.25, -0.2) is 0 Å².